The zero-order valence-corrected chi connectivity index (χ0v) is 15.0. The molecular formula is C17H20BrN3O2. The van der Waals surface area contributed by atoms with Crippen molar-refractivity contribution in [3.05, 3.63) is 34.6 Å². The van der Waals surface area contributed by atoms with Gasteiger partial charge in [0.25, 0.3) is 0 Å². The molecule has 5 nitrogen and oxygen atoms in total. The number of aromatic nitrogens is 1. The van der Waals surface area contributed by atoms with Crippen molar-refractivity contribution in [3.63, 3.8) is 0 Å². The van der Waals surface area contributed by atoms with Crippen LogP contribution in [0.4, 0.5) is 0 Å². The molecule has 0 aromatic carbocycles. The van der Waals surface area contributed by atoms with Crippen LogP contribution in [-0.2, 0) is 9.53 Å². The van der Waals surface area contributed by atoms with Crippen molar-refractivity contribution >= 4 is 27.6 Å². The van der Waals surface area contributed by atoms with E-state index in [9.17, 15) is 4.79 Å². The fourth-order valence-electron chi connectivity index (χ4n) is 2.28. The maximum absolute atomic E-state index is 11.3. The van der Waals surface area contributed by atoms with Crippen molar-refractivity contribution in [2.24, 2.45) is 0 Å². The second-order valence-corrected chi connectivity index (χ2v) is 6.12. The highest BCUT2D eigenvalue weighted by Gasteiger charge is 2.17. The summed E-state index contributed by atoms with van der Waals surface area (Å²) in [5.74, 6) is 6.94. The average molecular weight is 378 g/mol. The van der Waals surface area contributed by atoms with Crippen LogP contribution in [0.25, 0.3) is 5.76 Å². The van der Waals surface area contributed by atoms with Gasteiger partial charge in [0.2, 0.25) is 5.91 Å². The summed E-state index contributed by atoms with van der Waals surface area (Å²) in [4.78, 5) is 19.7. The summed E-state index contributed by atoms with van der Waals surface area (Å²) in [5.41, 5.74) is 1.52. The fourth-order valence-corrected chi connectivity index (χ4v) is 2.85. The van der Waals surface area contributed by atoms with Gasteiger partial charge in [-0.25, -0.2) is 0 Å². The number of hydrogen-bond acceptors (Lipinski definition) is 4. The van der Waals surface area contributed by atoms with E-state index in [1.807, 2.05) is 11.0 Å². The Balaban J connectivity index is 1.92. The van der Waals surface area contributed by atoms with Crippen LogP contribution < -0.4 is 0 Å². The molecule has 0 bridgehead atoms. The number of amides is 1. The molecule has 0 N–H and O–H groups in total. The van der Waals surface area contributed by atoms with Crippen LogP contribution in [0.15, 0.2) is 23.3 Å². The lowest BCUT2D eigenvalue weighted by atomic mass is 10.2. The zero-order valence-electron chi connectivity index (χ0n) is 13.4. The van der Waals surface area contributed by atoms with E-state index in [-0.39, 0.29) is 5.91 Å². The molecule has 0 atom stereocenters. The van der Waals surface area contributed by atoms with E-state index < -0.39 is 0 Å². The van der Waals surface area contributed by atoms with Gasteiger partial charge < -0.3 is 9.64 Å². The largest absolute Gasteiger partial charge is 0.495 e. The van der Waals surface area contributed by atoms with Gasteiger partial charge >= 0.3 is 0 Å². The second-order valence-electron chi connectivity index (χ2n) is 5.27. The number of ether oxygens (including phenoxy) is 1. The number of methoxy groups -OCH3 is 1. The molecule has 1 fully saturated rings. The average Bonchev–Trinajstić information content (AvgIpc) is 2.55. The highest BCUT2D eigenvalue weighted by atomic mass is 79.9. The quantitative estimate of drug-likeness (QED) is 0.596. The monoisotopic (exact) mass is 377 g/mol. The lowest BCUT2D eigenvalue weighted by Gasteiger charge is -2.32. The SMILES string of the molecule is C=C(OC)c1ncc(C#CCN2CCN(C(C)=O)CC2)cc1Br. The molecule has 2 rings (SSSR count). The lowest BCUT2D eigenvalue weighted by molar-refractivity contribution is -0.130. The molecule has 1 aromatic rings. The van der Waals surface area contributed by atoms with E-state index in [0.29, 0.717) is 18.0 Å². The van der Waals surface area contributed by atoms with E-state index in [2.05, 4.69) is 44.2 Å². The first-order chi connectivity index (χ1) is 11.0. The van der Waals surface area contributed by atoms with Crippen LogP contribution in [0.1, 0.15) is 18.2 Å². The Hall–Kier alpha value is -1.84. The minimum absolute atomic E-state index is 0.143. The van der Waals surface area contributed by atoms with Gasteiger partial charge in [-0.05, 0) is 22.0 Å². The van der Waals surface area contributed by atoms with Crippen molar-refractivity contribution in [1.29, 1.82) is 0 Å². The molecule has 0 unspecified atom stereocenters. The third kappa shape index (κ3) is 4.81. The molecule has 0 aliphatic carbocycles. The van der Waals surface area contributed by atoms with Crippen LogP contribution in [0.5, 0.6) is 0 Å². The van der Waals surface area contributed by atoms with Crippen LogP contribution in [-0.4, -0.2) is 60.5 Å². The summed E-state index contributed by atoms with van der Waals surface area (Å²) in [6.07, 6.45) is 1.71. The number of rotatable bonds is 3. The molecule has 2 heterocycles. The Morgan fingerprint density at radius 2 is 2.13 bits per heavy atom. The van der Waals surface area contributed by atoms with Crippen LogP contribution in [0.2, 0.25) is 0 Å². The van der Waals surface area contributed by atoms with Crippen molar-refractivity contribution in [2.75, 3.05) is 39.8 Å². The van der Waals surface area contributed by atoms with Crippen LogP contribution >= 0.6 is 15.9 Å². The third-order valence-electron chi connectivity index (χ3n) is 3.70. The summed E-state index contributed by atoms with van der Waals surface area (Å²) in [6, 6.07) is 1.91. The molecule has 1 aliphatic heterocycles. The van der Waals surface area contributed by atoms with E-state index in [4.69, 9.17) is 4.74 Å². The molecule has 1 saturated heterocycles. The van der Waals surface area contributed by atoms with Crippen LogP contribution in [0, 0.1) is 11.8 Å². The van der Waals surface area contributed by atoms with Crippen LogP contribution in [0.3, 0.4) is 0 Å². The fraction of sp³-hybridized carbons (Fsp3) is 0.412. The Bertz CT molecular complexity index is 656. The predicted molar refractivity (Wildman–Crippen MR) is 93.6 cm³/mol. The first-order valence-corrected chi connectivity index (χ1v) is 8.16. The summed E-state index contributed by atoms with van der Waals surface area (Å²) < 4.78 is 5.90. The summed E-state index contributed by atoms with van der Waals surface area (Å²) in [5, 5.41) is 0. The normalized spacial score (nSPS) is 14.8. The number of carbonyl (C=O) groups is 1. The van der Waals surface area contributed by atoms with E-state index in [1.54, 1.807) is 20.2 Å². The number of halogens is 1. The van der Waals surface area contributed by atoms with Gasteiger partial charge in [0, 0.05) is 49.3 Å². The smallest absolute Gasteiger partial charge is 0.219 e. The Kier molecular flexibility index (Phi) is 6.20. The molecule has 23 heavy (non-hydrogen) atoms. The lowest BCUT2D eigenvalue weighted by Crippen LogP contribution is -2.47. The first kappa shape index (κ1) is 17.5. The molecule has 122 valence electrons. The summed E-state index contributed by atoms with van der Waals surface area (Å²) >= 11 is 3.46. The minimum Gasteiger partial charge on any atom is -0.495 e. The molecule has 0 saturated carbocycles. The minimum atomic E-state index is 0.143. The van der Waals surface area contributed by atoms with Gasteiger partial charge in [0.05, 0.1) is 13.7 Å². The molecule has 1 aliphatic rings. The molecule has 1 amide bonds. The van der Waals surface area contributed by atoms with E-state index in [1.165, 1.54) is 0 Å². The maximum Gasteiger partial charge on any atom is 0.219 e. The van der Waals surface area contributed by atoms with Gasteiger partial charge in [-0.1, -0.05) is 18.4 Å². The van der Waals surface area contributed by atoms with Gasteiger partial charge in [-0.2, -0.15) is 0 Å². The van der Waals surface area contributed by atoms with Gasteiger partial charge in [0.1, 0.15) is 11.5 Å². The standard InChI is InChI=1S/C17H20BrN3O2/c1-13(23-3)17-16(18)11-15(12-19-17)5-4-6-20-7-9-21(10-8-20)14(2)22/h11-12H,1,6-10H2,2-3H3. The number of piperazine rings is 1. The van der Waals surface area contributed by atoms with Gasteiger partial charge in [-0.3, -0.25) is 14.7 Å². The Morgan fingerprint density at radius 1 is 1.43 bits per heavy atom. The van der Waals surface area contributed by atoms with Crippen molar-refractivity contribution in [3.8, 4) is 11.8 Å². The van der Waals surface area contributed by atoms with Gasteiger partial charge in [0.15, 0.2) is 0 Å². The van der Waals surface area contributed by atoms with E-state index in [0.717, 1.165) is 36.2 Å². The molecule has 6 heteroatoms. The Morgan fingerprint density at radius 3 is 2.70 bits per heavy atom. The third-order valence-corrected chi connectivity index (χ3v) is 4.31. The molecule has 1 aromatic heterocycles. The zero-order chi connectivity index (χ0) is 16.8. The van der Waals surface area contributed by atoms with E-state index >= 15 is 0 Å². The topological polar surface area (TPSA) is 45.7 Å². The first-order valence-electron chi connectivity index (χ1n) is 7.37. The highest BCUT2D eigenvalue weighted by Crippen LogP contribution is 2.22. The van der Waals surface area contributed by atoms with Gasteiger partial charge in [-0.15, -0.1) is 0 Å². The summed E-state index contributed by atoms with van der Waals surface area (Å²) in [6.45, 7) is 9.37. The number of pyridine rings is 1. The summed E-state index contributed by atoms with van der Waals surface area (Å²) in [7, 11) is 1.57. The number of nitrogens with zero attached hydrogens (tertiary/aromatic N) is 3. The van der Waals surface area contributed by atoms with Crippen molar-refractivity contribution in [1.82, 2.24) is 14.8 Å². The molecule has 0 radical (unpaired) electrons. The maximum atomic E-state index is 11.3. The van der Waals surface area contributed by atoms with Crippen molar-refractivity contribution < 1.29 is 9.53 Å². The number of hydrogen-bond donors (Lipinski definition) is 0. The molecular weight excluding hydrogens is 358 g/mol. The molecule has 0 spiro atoms. The number of carbonyl (C=O) groups excluding carboxylic acids is 1. The van der Waals surface area contributed by atoms with Crippen molar-refractivity contribution in [2.45, 2.75) is 6.92 Å². The second kappa shape index (κ2) is 8.14. The Labute approximate surface area is 145 Å². The highest BCUT2D eigenvalue weighted by molar-refractivity contribution is 9.10. The predicted octanol–water partition coefficient (Wildman–Crippen LogP) is 1.98.